The standard InChI is InChI=1S/C60H92O28/c1-10-24(2)50(78)88-47-48(80-25(3)65)60(23-64)27(17-55(47,4)5)26-11-12-32-56(6)15-14-34(57(7,22-63)31(56)13-16-58(32,8)59(26,9)18-33(60)67)83-54-46(87-52-41(74)39(72)37(70)30(20-62)82-52)43(42(75)44(85-54)49(76)77)84-53-45(35(68)28(66)21-79-53)86-51-40(73)38(71)36(69)29(19-61)81-51/h10-11,22,27-48,51-54,61-62,64,66-75H,12-21,23H2,1-9H3,(H,76,77)/b24-10-/t27-,28-,29+,30+,31+,32+,33+,34-,35-,36+,37-,38-,39-,40+,41+,42-,43-,44-,45+,46+,47-,48-,51-,52-,53-,54+,56-,57-,58+,59+,60-/m0/s1. The van der Waals surface area contributed by atoms with Crippen molar-refractivity contribution in [3.63, 3.8) is 0 Å². The minimum Gasteiger partial charge on any atom is -0.479 e. The lowest BCUT2D eigenvalue weighted by atomic mass is 9.33. The van der Waals surface area contributed by atoms with Gasteiger partial charge < -0.3 is 124 Å². The summed E-state index contributed by atoms with van der Waals surface area (Å²) in [5.74, 6) is -4.31. The van der Waals surface area contributed by atoms with Gasteiger partial charge in [-0.15, -0.1) is 0 Å². The Bertz CT molecular complexity index is 2600. The number of carbonyl (C=O) groups is 4. The van der Waals surface area contributed by atoms with Gasteiger partial charge in [0.05, 0.1) is 49.5 Å². The fraction of sp³-hybridized carbons (Fsp3) is 0.867. The van der Waals surface area contributed by atoms with Crippen molar-refractivity contribution in [3.05, 3.63) is 23.3 Å². The van der Waals surface area contributed by atoms with E-state index in [1.54, 1.807) is 26.8 Å². The number of aliphatic hydroxyl groups excluding tert-OH is 13. The molecule has 9 rings (SSSR count). The monoisotopic (exact) mass is 1260 g/mol. The zero-order chi connectivity index (χ0) is 64.9. The Hall–Kier alpha value is -3.28. The van der Waals surface area contributed by atoms with Crippen LogP contribution in [0, 0.1) is 50.2 Å². The number of carboxylic acid groups (broad SMARTS) is 1. The third-order valence-electron chi connectivity index (χ3n) is 22.6. The van der Waals surface area contributed by atoms with Crippen molar-refractivity contribution in [1.82, 2.24) is 0 Å². The summed E-state index contributed by atoms with van der Waals surface area (Å²) >= 11 is 0. The van der Waals surface area contributed by atoms with Gasteiger partial charge in [0.15, 0.2) is 31.3 Å². The van der Waals surface area contributed by atoms with Crippen LogP contribution in [0.5, 0.6) is 0 Å². The molecule has 31 atom stereocenters. The largest absolute Gasteiger partial charge is 0.479 e. The molecule has 4 aliphatic heterocycles. The first kappa shape index (κ1) is 69.1. The molecule has 0 bridgehead atoms. The lowest BCUT2D eigenvalue weighted by molar-refractivity contribution is -0.400. The highest BCUT2D eigenvalue weighted by atomic mass is 16.8. The molecule has 0 aromatic heterocycles. The van der Waals surface area contributed by atoms with Crippen molar-refractivity contribution in [2.24, 2.45) is 50.2 Å². The average molecular weight is 1260 g/mol. The number of hydrogen-bond donors (Lipinski definition) is 14. The maximum Gasteiger partial charge on any atom is 0.335 e. The number of carbonyl (C=O) groups excluding carboxylic acids is 3. The molecular weight excluding hydrogens is 1170 g/mol. The highest BCUT2D eigenvalue weighted by molar-refractivity contribution is 5.87. The molecule has 0 unspecified atom stereocenters. The minimum atomic E-state index is -2.32. The molecular formula is C60H92O28. The molecule has 28 nitrogen and oxygen atoms in total. The van der Waals surface area contributed by atoms with Crippen molar-refractivity contribution in [2.45, 2.75) is 248 Å². The molecule has 5 aliphatic carbocycles. The van der Waals surface area contributed by atoms with Gasteiger partial charge in [-0.25, -0.2) is 9.59 Å². The highest BCUT2D eigenvalue weighted by Gasteiger charge is 2.74. The number of rotatable bonds is 16. The van der Waals surface area contributed by atoms with Crippen LogP contribution in [0.3, 0.4) is 0 Å². The number of allylic oxidation sites excluding steroid dienone is 3. The highest BCUT2D eigenvalue weighted by Crippen LogP contribution is 2.76. The molecule has 500 valence electrons. The first-order valence-electron chi connectivity index (χ1n) is 30.5. The van der Waals surface area contributed by atoms with E-state index in [4.69, 9.17) is 47.4 Å². The molecule has 8 fully saturated rings. The summed E-state index contributed by atoms with van der Waals surface area (Å²) in [7, 11) is 0. The van der Waals surface area contributed by atoms with E-state index in [-0.39, 0.29) is 18.8 Å². The van der Waals surface area contributed by atoms with E-state index < -0.39 is 230 Å². The number of hydrogen-bond acceptors (Lipinski definition) is 27. The van der Waals surface area contributed by atoms with E-state index in [9.17, 15) is 90.7 Å². The van der Waals surface area contributed by atoms with Crippen LogP contribution < -0.4 is 0 Å². The van der Waals surface area contributed by atoms with E-state index in [1.165, 1.54) is 6.92 Å². The zero-order valence-electron chi connectivity index (χ0n) is 51.0. The van der Waals surface area contributed by atoms with Gasteiger partial charge in [0.25, 0.3) is 0 Å². The summed E-state index contributed by atoms with van der Waals surface area (Å²) in [6, 6.07) is 0. The number of aliphatic hydroxyl groups is 13. The molecule has 9 aliphatic rings. The summed E-state index contributed by atoms with van der Waals surface area (Å²) in [4.78, 5) is 53.9. The van der Waals surface area contributed by atoms with Crippen LogP contribution >= 0.6 is 0 Å². The van der Waals surface area contributed by atoms with Gasteiger partial charge in [-0.3, -0.25) is 4.79 Å². The molecule has 4 saturated carbocycles. The SMILES string of the molecule is C/C=C(/C)C(=O)O[C@H]1[C@H](OC(C)=O)[C@]2(CO)[C@H](O)C[C@]3(C)C(=CC[C@@H]4[C@@]5(C)CC[C@H](O[C@@H]6O[C@H](C(=O)O)[C@@H](O)[C@H](O[C@@H]7OC[C@H](O)[C@H](O)[C@H]7O[C@@H]7O[C@H](CO)[C@@H](O)[C@H](O)[C@H]7O)[C@H]6O[C@@H]6O[C@H](CO)[C@H](O)[C@H](O)[C@H]6O)[C@@](C)(C=O)[C@@H]5CC[C@]43C)[C@@H]2CC1(C)C. The summed E-state index contributed by atoms with van der Waals surface area (Å²) < 4.78 is 60.6. The second-order valence-electron chi connectivity index (χ2n) is 27.7. The maximum atomic E-state index is 14.2. The quantitative estimate of drug-likeness (QED) is 0.0247. The molecule has 0 radical (unpaired) electrons. The van der Waals surface area contributed by atoms with Crippen LogP contribution in [-0.2, 0) is 66.5 Å². The van der Waals surface area contributed by atoms with Gasteiger partial charge in [0.2, 0.25) is 0 Å². The average Bonchev–Trinajstić information content (AvgIpc) is 0.673. The first-order valence-corrected chi connectivity index (χ1v) is 30.5. The summed E-state index contributed by atoms with van der Waals surface area (Å²) in [6.07, 6.45) is -35.5. The molecule has 0 aromatic rings. The molecule has 4 heterocycles. The number of esters is 2. The minimum absolute atomic E-state index is 0.0926. The van der Waals surface area contributed by atoms with Gasteiger partial charge in [0.1, 0.15) is 104 Å². The van der Waals surface area contributed by atoms with Gasteiger partial charge in [-0.05, 0) is 92.8 Å². The van der Waals surface area contributed by atoms with Crippen molar-refractivity contribution >= 4 is 24.2 Å². The predicted octanol–water partition coefficient (Wildman–Crippen LogP) is -2.65. The van der Waals surface area contributed by atoms with E-state index >= 15 is 0 Å². The third kappa shape index (κ3) is 11.2. The predicted molar refractivity (Wildman–Crippen MR) is 295 cm³/mol. The molecule has 0 amide bonds. The van der Waals surface area contributed by atoms with Gasteiger partial charge in [0, 0.05) is 17.9 Å². The maximum absolute atomic E-state index is 14.2. The fourth-order valence-corrected chi connectivity index (χ4v) is 17.3. The van der Waals surface area contributed by atoms with Crippen molar-refractivity contribution in [3.8, 4) is 0 Å². The molecule has 0 aromatic carbocycles. The zero-order valence-corrected chi connectivity index (χ0v) is 51.0. The van der Waals surface area contributed by atoms with Crippen LogP contribution in [0.2, 0.25) is 0 Å². The molecule has 14 N–H and O–H groups in total. The van der Waals surface area contributed by atoms with Crippen molar-refractivity contribution in [2.75, 3.05) is 26.4 Å². The Labute approximate surface area is 509 Å². The molecule has 0 spiro atoms. The van der Waals surface area contributed by atoms with Gasteiger partial charge in [-0.2, -0.15) is 0 Å². The number of ether oxygens (including phenoxy) is 10. The second kappa shape index (κ2) is 25.6. The summed E-state index contributed by atoms with van der Waals surface area (Å²) in [5, 5.41) is 154. The third-order valence-corrected chi connectivity index (χ3v) is 22.6. The van der Waals surface area contributed by atoms with Crippen molar-refractivity contribution in [1.29, 1.82) is 0 Å². The molecule has 88 heavy (non-hydrogen) atoms. The van der Waals surface area contributed by atoms with Gasteiger partial charge in [-0.1, -0.05) is 59.3 Å². The van der Waals surface area contributed by atoms with Crippen LogP contribution in [0.25, 0.3) is 0 Å². The van der Waals surface area contributed by atoms with Crippen LogP contribution in [0.1, 0.15) is 107 Å². The number of fused-ring (bicyclic) bond motifs is 7. The molecule has 28 heteroatoms. The lowest BCUT2D eigenvalue weighted by Gasteiger charge is -2.72. The van der Waals surface area contributed by atoms with E-state index in [1.807, 2.05) is 13.8 Å². The Kier molecular flexibility index (Phi) is 20.1. The summed E-state index contributed by atoms with van der Waals surface area (Å²) in [6.45, 7) is 13.4. The number of aldehydes is 1. The van der Waals surface area contributed by atoms with E-state index in [0.717, 1.165) is 11.9 Å². The van der Waals surface area contributed by atoms with E-state index in [2.05, 4.69) is 26.8 Å². The number of carboxylic acids is 1. The van der Waals surface area contributed by atoms with Crippen molar-refractivity contribution < 1.29 is 138 Å². The Morgan fingerprint density at radius 2 is 1.24 bits per heavy atom. The summed E-state index contributed by atoms with van der Waals surface area (Å²) in [5.41, 5.74) is -4.52. The smallest absolute Gasteiger partial charge is 0.335 e. The fourth-order valence-electron chi connectivity index (χ4n) is 17.3. The van der Waals surface area contributed by atoms with E-state index in [0.29, 0.717) is 37.7 Å². The second-order valence-corrected chi connectivity index (χ2v) is 27.7. The Morgan fingerprint density at radius 1 is 0.648 bits per heavy atom. The topological polar surface area (TPSA) is 444 Å². The molecule has 4 saturated heterocycles. The van der Waals surface area contributed by atoms with Gasteiger partial charge >= 0.3 is 17.9 Å². The lowest BCUT2D eigenvalue weighted by Crippen LogP contribution is -2.72. The Morgan fingerprint density at radius 3 is 1.78 bits per heavy atom. The first-order chi connectivity index (χ1) is 41.2. The normalized spacial score (nSPS) is 51.1. The number of aliphatic carboxylic acids is 1. The Balaban J connectivity index is 1.05. The van der Waals surface area contributed by atoms with Crippen LogP contribution in [0.4, 0.5) is 0 Å². The van der Waals surface area contributed by atoms with Crippen LogP contribution in [0.15, 0.2) is 23.3 Å². The van der Waals surface area contributed by atoms with Crippen LogP contribution in [-0.4, -0.2) is 263 Å².